The molecule has 0 aliphatic rings. The first-order chi connectivity index (χ1) is 16.7. The highest BCUT2D eigenvalue weighted by Gasteiger charge is 2.16. The number of rotatable bonds is 7. The molecule has 0 saturated carbocycles. The Morgan fingerprint density at radius 3 is 2.50 bits per heavy atom. The average Bonchev–Trinajstić information content (AvgIpc) is 3.12. The fraction of sp³-hybridized carbons (Fsp3) is 0.143. The summed E-state index contributed by atoms with van der Waals surface area (Å²) in [7, 11) is -2.39. The molecule has 4 rings (SSSR count). The van der Waals surface area contributed by atoms with Crippen molar-refractivity contribution < 1.29 is 31.0 Å². The highest BCUT2D eigenvalue weighted by Crippen LogP contribution is 2.33. The largest absolute Gasteiger partial charge is 1.00 e. The van der Waals surface area contributed by atoms with Gasteiger partial charge >= 0.3 is 0 Å². The number of aryl methyl sites for hydroxylation is 1. The highest BCUT2D eigenvalue weighted by molar-refractivity contribution is 7.89. The van der Waals surface area contributed by atoms with Gasteiger partial charge in [-0.2, -0.15) is 10.1 Å². The molecule has 0 aliphatic heterocycles. The molecule has 0 atom stereocenters. The number of benzene rings is 2. The number of nitrogens with zero attached hydrogens (tertiary/aromatic N) is 6. The second-order valence-electron chi connectivity index (χ2n) is 7.31. The number of aromatic nitrogens is 5. The van der Waals surface area contributed by atoms with Crippen LogP contribution in [-0.4, -0.2) is 40.4 Å². The van der Waals surface area contributed by atoms with Gasteiger partial charge < -0.3 is 22.8 Å². The zero-order valence-corrected chi connectivity index (χ0v) is 21.6. The number of halogens is 2. The minimum absolute atomic E-state index is 0. The van der Waals surface area contributed by atoms with Gasteiger partial charge in [-0.25, -0.2) is 17.8 Å². The van der Waals surface area contributed by atoms with Crippen molar-refractivity contribution in [1.82, 2.24) is 24.6 Å². The molecular formula is C21H21Cl2N9O3S. The van der Waals surface area contributed by atoms with Crippen LogP contribution < -0.4 is 27.5 Å². The molecule has 4 aromatic rings. The van der Waals surface area contributed by atoms with Gasteiger partial charge in [0, 0.05) is 10.8 Å². The fourth-order valence-corrected chi connectivity index (χ4v) is 4.09. The van der Waals surface area contributed by atoms with Gasteiger partial charge in [0.15, 0.2) is 0 Å². The Morgan fingerprint density at radius 2 is 1.83 bits per heavy atom. The minimum atomic E-state index is -3.69. The number of nitrogens with one attached hydrogen (secondary N) is 3. The minimum Gasteiger partial charge on any atom is -1.00 e. The summed E-state index contributed by atoms with van der Waals surface area (Å²) in [6.45, 7) is 3.62. The van der Waals surface area contributed by atoms with E-state index in [-0.39, 0.29) is 34.0 Å². The van der Waals surface area contributed by atoms with Crippen LogP contribution >= 0.6 is 11.6 Å². The Bertz CT molecular complexity index is 1520. The van der Waals surface area contributed by atoms with Crippen LogP contribution in [0, 0.1) is 13.8 Å². The molecule has 0 amide bonds. The van der Waals surface area contributed by atoms with Gasteiger partial charge in [-0.05, 0) is 75.0 Å². The third-order valence-corrected chi connectivity index (χ3v) is 6.57. The van der Waals surface area contributed by atoms with E-state index < -0.39 is 10.0 Å². The number of sulfonamides is 1. The summed E-state index contributed by atoms with van der Waals surface area (Å²) in [5, 5.41) is 32.6. The predicted molar refractivity (Wildman–Crippen MR) is 128 cm³/mol. The van der Waals surface area contributed by atoms with E-state index in [1.165, 1.54) is 25.2 Å². The second-order valence-corrected chi connectivity index (χ2v) is 9.54. The number of hydrogen-bond donors (Lipinski definition) is 3. The van der Waals surface area contributed by atoms with Gasteiger partial charge in [-0.3, -0.25) is 0 Å². The Balaban J connectivity index is 0.00000361. The molecule has 4 N–H and O–H groups in total. The van der Waals surface area contributed by atoms with E-state index >= 15 is 0 Å². The van der Waals surface area contributed by atoms with E-state index in [4.69, 9.17) is 11.6 Å². The number of phenolic OH excluding ortho intramolecular Hbond substituents is 1. The predicted octanol–water partition coefficient (Wildman–Crippen LogP) is 0.523. The van der Waals surface area contributed by atoms with Gasteiger partial charge in [-0.15, -0.1) is 10.2 Å². The molecule has 15 heteroatoms. The Kier molecular flexibility index (Phi) is 8.20. The van der Waals surface area contributed by atoms with Crippen LogP contribution in [0.2, 0.25) is 5.28 Å². The molecule has 188 valence electrons. The molecule has 12 nitrogen and oxygen atoms in total. The SMILES string of the molecule is CNS(=O)(=O)c1ccc(O)c(N=Nc2c(C)nn(-c3ccc(Nc4c[nH+]nc(Cl)n4)cc3)c2C)c1.[Cl-]. The third kappa shape index (κ3) is 5.76. The number of phenols is 1. The van der Waals surface area contributed by atoms with E-state index in [1.54, 1.807) is 17.8 Å². The number of azo groups is 1. The highest BCUT2D eigenvalue weighted by atomic mass is 35.5. The lowest BCUT2D eigenvalue weighted by Crippen LogP contribution is -3.00. The van der Waals surface area contributed by atoms with Crippen molar-refractivity contribution in [3.8, 4) is 11.4 Å². The quantitative estimate of drug-likeness (QED) is 0.283. The first-order valence-corrected chi connectivity index (χ1v) is 12.1. The van der Waals surface area contributed by atoms with Crippen LogP contribution in [0.15, 0.2) is 63.8 Å². The lowest BCUT2D eigenvalue weighted by Gasteiger charge is -2.07. The summed E-state index contributed by atoms with van der Waals surface area (Å²) < 4.78 is 28.0. The van der Waals surface area contributed by atoms with Crippen LogP contribution in [0.1, 0.15) is 11.4 Å². The zero-order chi connectivity index (χ0) is 25.2. The fourth-order valence-electron chi connectivity index (χ4n) is 3.20. The summed E-state index contributed by atoms with van der Waals surface area (Å²) in [5.74, 6) is 0.318. The van der Waals surface area contributed by atoms with Crippen molar-refractivity contribution in [1.29, 1.82) is 0 Å². The number of H-pyrrole nitrogens is 1. The number of anilines is 2. The van der Waals surface area contributed by atoms with Crippen LogP contribution in [0.5, 0.6) is 5.75 Å². The van der Waals surface area contributed by atoms with Crippen LogP contribution in [-0.2, 0) is 10.0 Å². The number of aromatic hydroxyl groups is 1. The zero-order valence-electron chi connectivity index (χ0n) is 19.2. The maximum absolute atomic E-state index is 12.1. The maximum atomic E-state index is 12.1. The van der Waals surface area contributed by atoms with Gasteiger partial charge in [0.2, 0.25) is 22.0 Å². The standard InChI is InChI=1S/C21H20ClN9O3S.ClH/c1-12-20(28-27-17-10-16(8-9-18(17)32)35(33,34)23-3)13(2)31(30-12)15-6-4-14(5-7-15)25-19-11-24-29-21(22)26-19;/h4-11,23,32H,1-3H3,(H,25,26,29);1H. The van der Waals surface area contributed by atoms with Crippen molar-refractivity contribution in [2.75, 3.05) is 12.4 Å². The summed E-state index contributed by atoms with van der Waals surface area (Å²) in [6.07, 6.45) is 1.58. The Morgan fingerprint density at radius 1 is 1.11 bits per heavy atom. The maximum Gasteiger partial charge on any atom is 0.290 e. The van der Waals surface area contributed by atoms with Gasteiger partial charge in [0.25, 0.3) is 5.28 Å². The Labute approximate surface area is 217 Å². The molecule has 0 saturated heterocycles. The van der Waals surface area contributed by atoms with Gasteiger partial charge in [0.1, 0.15) is 17.1 Å². The van der Waals surface area contributed by atoms with E-state index in [1.807, 2.05) is 31.2 Å². The average molecular weight is 550 g/mol. The van der Waals surface area contributed by atoms with Crippen molar-refractivity contribution >= 4 is 44.5 Å². The molecular weight excluding hydrogens is 529 g/mol. The topological polar surface area (TPSA) is 161 Å². The van der Waals surface area contributed by atoms with E-state index in [9.17, 15) is 13.5 Å². The summed E-state index contributed by atoms with van der Waals surface area (Å²) in [5.41, 5.74) is 3.41. The second kappa shape index (κ2) is 11.0. The normalized spacial score (nSPS) is 11.4. The molecule has 0 unspecified atom stereocenters. The van der Waals surface area contributed by atoms with E-state index in [0.717, 1.165) is 11.4 Å². The van der Waals surface area contributed by atoms with E-state index in [0.29, 0.717) is 22.9 Å². The summed E-state index contributed by atoms with van der Waals surface area (Å²) in [6, 6.07) is 11.2. The molecule has 2 heterocycles. The first kappa shape index (κ1) is 26.9. The first-order valence-electron chi connectivity index (χ1n) is 10.2. The molecule has 0 radical (unpaired) electrons. The van der Waals surface area contributed by atoms with Crippen molar-refractivity contribution in [3.63, 3.8) is 0 Å². The molecule has 0 spiro atoms. The smallest absolute Gasteiger partial charge is 0.290 e. The van der Waals surface area contributed by atoms with Crippen LogP contribution in [0.25, 0.3) is 5.69 Å². The van der Waals surface area contributed by atoms with Crippen molar-refractivity contribution in [2.24, 2.45) is 10.2 Å². The lowest BCUT2D eigenvalue weighted by molar-refractivity contribution is -0.455. The molecule has 0 bridgehead atoms. The summed E-state index contributed by atoms with van der Waals surface area (Å²) in [4.78, 5) is 4.03. The van der Waals surface area contributed by atoms with Crippen molar-refractivity contribution in [2.45, 2.75) is 18.7 Å². The molecule has 0 fully saturated rings. The molecule has 2 aromatic carbocycles. The Hall–Kier alpha value is -3.65. The molecule has 36 heavy (non-hydrogen) atoms. The van der Waals surface area contributed by atoms with Gasteiger partial charge in [-0.1, -0.05) is 5.10 Å². The van der Waals surface area contributed by atoms with Crippen molar-refractivity contribution in [3.05, 3.63) is 65.3 Å². The number of aromatic amines is 1. The van der Waals surface area contributed by atoms with E-state index in [2.05, 4.69) is 40.5 Å². The molecule has 2 aromatic heterocycles. The number of hydrogen-bond acceptors (Lipinski definition) is 9. The third-order valence-electron chi connectivity index (χ3n) is 4.99. The molecule has 0 aliphatic carbocycles. The van der Waals surface area contributed by atoms with Crippen LogP contribution in [0.3, 0.4) is 0 Å². The monoisotopic (exact) mass is 549 g/mol. The van der Waals surface area contributed by atoms with Crippen LogP contribution in [0.4, 0.5) is 22.9 Å². The summed E-state index contributed by atoms with van der Waals surface area (Å²) >= 11 is 5.79. The van der Waals surface area contributed by atoms with Gasteiger partial charge in [0.05, 0.1) is 22.0 Å². The lowest BCUT2D eigenvalue weighted by atomic mass is 10.2.